The van der Waals surface area contributed by atoms with E-state index in [0.29, 0.717) is 11.7 Å². The number of hydrogen-bond acceptors (Lipinski definition) is 4. The Balaban J connectivity index is 2.74. The van der Waals surface area contributed by atoms with Crippen LogP contribution in [0.2, 0.25) is 0 Å². The molecule has 0 aliphatic rings. The number of anilines is 2. The second-order valence-corrected chi connectivity index (χ2v) is 4.27. The molecule has 0 radical (unpaired) electrons. The van der Waals surface area contributed by atoms with Gasteiger partial charge in [-0.05, 0) is 12.0 Å². The van der Waals surface area contributed by atoms with Gasteiger partial charge >= 0.3 is 0 Å². The molecule has 0 fully saturated rings. The van der Waals surface area contributed by atoms with Crippen LogP contribution in [-0.2, 0) is 4.74 Å². The highest BCUT2D eigenvalue weighted by Crippen LogP contribution is 2.16. The highest BCUT2D eigenvalue weighted by molar-refractivity contribution is 5.52. The Kier molecular flexibility index (Phi) is 5.05. The van der Waals surface area contributed by atoms with Crippen molar-refractivity contribution >= 4 is 11.5 Å². The summed E-state index contributed by atoms with van der Waals surface area (Å²) in [5.41, 5.74) is 6.80. The number of methoxy groups -OCH3 is 1. The smallest absolute Gasteiger partial charge is 0.125 e. The second-order valence-electron chi connectivity index (χ2n) is 4.27. The molecule has 4 heteroatoms. The standard InChI is InChI=1S/C12H21N3O/c1-10(2)9-15(6-7-16-3)11-4-5-14-12(13)8-11/h4-5,8,10H,6-7,9H2,1-3H3,(H2,13,14). The molecule has 1 heterocycles. The first kappa shape index (κ1) is 12.8. The number of pyridine rings is 1. The number of ether oxygens (including phenoxy) is 1. The largest absolute Gasteiger partial charge is 0.384 e. The van der Waals surface area contributed by atoms with E-state index in [2.05, 4.69) is 23.7 Å². The molecule has 1 aromatic heterocycles. The molecule has 16 heavy (non-hydrogen) atoms. The third-order valence-corrected chi connectivity index (χ3v) is 2.28. The van der Waals surface area contributed by atoms with Crippen molar-refractivity contribution in [1.29, 1.82) is 0 Å². The van der Waals surface area contributed by atoms with E-state index >= 15 is 0 Å². The summed E-state index contributed by atoms with van der Waals surface area (Å²) < 4.78 is 5.12. The quantitative estimate of drug-likeness (QED) is 0.798. The third-order valence-electron chi connectivity index (χ3n) is 2.28. The van der Waals surface area contributed by atoms with Crippen molar-refractivity contribution in [2.45, 2.75) is 13.8 Å². The first-order valence-corrected chi connectivity index (χ1v) is 5.59. The predicted molar refractivity (Wildman–Crippen MR) is 67.6 cm³/mol. The van der Waals surface area contributed by atoms with Crippen molar-refractivity contribution < 1.29 is 4.74 Å². The van der Waals surface area contributed by atoms with Crippen molar-refractivity contribution in [3.05, 3.63) is 18.3 Å². The molecule has 2 N–H and O–H groups in total. The molecule has 0 aliphatic carbocycles. The maximum atomic E-state index is 5.69. The minimum atomic E-state index is 0.559. The molecular weight excluding hydrogens is 202 g/mol. The lowest BCUT2D eigenvalue weighted by Gasteiger charge is -2.26. The maximum Gasteiger partial charge on any atom is 0.125 e. The summed E-state index contributed by atoms with van der Waals surface area (Å²) in [6.45, 7) is 6.98. The van der Waals surface area contributed by atoms with Crippen LogP contribution in [-0.4, -0.2) is 31.8 Å². The van der Waals surface area contributed by atoms with Crippen molar-refractivity contribution in [3.63, 3.8) is 0 Å². The summed E-state index contributed by atoms with van der Waals surface area (Å²) in [5, 5.41) is 0. The molecule has 1 rings (SSSR count). The van der Waals surface area contributed by atoms with Crippen molar-refractivity contribution in [1.82, 2.24) is 4.98 Å². The Morgan fingerprint density at radius 1 is 1.50 bits per heavy atom. The van der Waals surface area contributed by atoms with Gasteiger partial charge in [-0.3, -0.25) is 0 Å². The molecule has 0 bridgehead atoms. The van der Waals surface area contributed by atoms with Crippen LogP contribution in [0.15, 0.2) is 18.3 Å². The van der Waals surface area contributed by atoms with Gasteiger partial charge in [-0.15, -0.1) is 0 Å². The molecule has 1 aromatic rings. The minimum absolute atomic E-state index is 0.559. The number of nitrogen functional groups attached to an aromatic ring is 1. The molecule has 0 atom stereocenters. The van der Waals surface area contributed by atoms with Gasteiger partial charge in [-0.2, -0.15) is 0 Å². The minimum Gasteiger partial charge on any atom is -0.384 e. The van der Waals surface area contributed by atoms with E-state index in [1.54, 1.807) is 13.3 Å². The van der Waals surface area contributed by atoms with E-state index in [4.69, 9.17) is 10.5 Å². The van der Waals surface area contributed by atoms with Crippen LogP contribution in [0.3, 0.4) is 0 Å². The summed E-state index contributed by atoms with van der Waals surface area (Å²) in [4.78, 5) is 6.27. The topological polar surface area (TPSA) is 51.4 Å². The van der Waals surface area contributed by atoms with E-state index in [1.807, 2.05) is 12.1 Å². The molecule has 0 saturated heterocycles. The summed E-state index contributed by atoms with van der Waals surface area (Å²) in [5.74, 6) is 1.16. The number of nitrogens with zero attached hydrogens (tertiary/aromatic N) is 2. The zero-order chi connectivity index (χ0) is 12.0. The van der Waals surface area contributed by atoms with Crippen LogP contribution in [0.4, 0.5) is 11.5 Å². The van der Waals surface area contributed by atoms with Crippen LogP contribution < -0.4 is 10.6 Å². The first-order chi connectivity index (χ1) is 7.63. The Morgan fingerprint density at radius 3 is 2.81 bits per heavy atom. The van der Waals surface area contributed by atoms with E-state index in [-0.39, 0.29) is 0 Å². The monoisotopic (exact) mass is 223 g/mol. The van der Waals surface area contributed by atoms with Gasteiger partial charge in [0.2, 0.25) is 0 Å². The van der Waals surface area contributed by atoms with E-state index in [9.17, 15) is 0 Å². The second kappa shape index (κ2) is 6.33. The Labute approximate surface area is 97.4 Å². The van der Waals surface area contributed by atoms with Gasteiger partial charge in [0.25, 0.3) is 0 Å². The van der Waals surface area contributed by atoms with Crippen molar-refractivity contribution in [2.24, 2.45) is 5.92 Å². The zero-order valence-electron chi connectivity index (χ0n) is 10.3. The van der Waals surface area contributed by atoms with Gasteiger partial charge in [-0.1, -0.05) is 13.8 Å². The SMILES string of the molecule is COCCN(CC(C)C)c1ccnc(N)c1. The zero-order valence-corrected chi connectivity index (χ0v) is 10.3. The highest BCUT2D eigenvalue weighted by atomic mass is 16.5. The third kappa shape index (κ3) is 4.06. The van der Waals surface area contributed by atoms with E-state index in [1.165, 1.54) is 0 Å². The molecule has 0 aliphatic heterocycles. The van der Waals surface area contributed by atoms with Gasteiger partial charge in [0.15, 0.2) is 0 Å². The molecule has 90 valence electrons. The Bertz CT molecular complexity index is 315. The van der Waals surface area contributed by atoms with E-state index in [0.717, 1.165) is 25.4 Å². The van der Waals surface area contributed by atoms with Crippen molar-refractivity contribution in [2.75, 3.05) is 37.4 Å². The first-order valence-electron chi connectivity index (χ1n) is 5.59. The van der Waals surface area contributed by atoms with Gasteiger partial charge in [0.1, 0.15) is 5.82 Å². The lowest BCUT2D eigenvalue weighted by molar-refractivity contribution is 0.204. The summed E-state index contributed by atoms with van der Waals surface area (Å²) in [6, 6.07) is 3.88. The molecular formula is C12H21N3O. The van der Waals surface area contributed by atoms with E-state index < -0.39 is 0 Å². The summed E-state index contributed by atoms with van der Waals surface area (Å²) >= 11 is 0. The number of hydrogen-bond donors (Lipinski definition) is 1. The lowest BCUT2D eigenvalue weighted by atomic mass is 10.2. The fraction of sp³-hybridized carbons (Fsp3) is 0.583. The Morgan fingerprint density at radius 2 is 2.25 bits per heavy atom. The van der Waals surface area contributed by atoms with Crippen LogP contribution in [0.1, 0.15) is 13.8 Å². The van der Waals surface area contributed by atoms with Gasteiger partial charge < -0.3 is 15.4 Å². The summed E-state index contributed by atoms with van der Waals surface area (Å²) in [7, 11) is 1.72. The number of aromatic nitrogens is 1. The van der Waals surface area contributed by atoms with Gasteiger partial charge in [0.05, 0.1) is 6.61 Å². The predicted octanol–water partition coefficient (Wildman–Crippen LogP) is 1.77. The number of rotatable bonds is 6. The summed E-state index contributed by atoms with van der Waals surface area (Å²) in [6.07, 6.45) is 1.74. The molecule has 4 nitrogen and oxygen atoms in total. The number of nitrogens with two attached hydrogens (primary N) is 1. The van der Waals surface area contributed by atoms with Crippen LogP contribution in [0.5, 0.6) is 0 Å². The van der Waals surface area contributed by atoms with Crippen LogP contribution >= 0.6 is 0 Å². The average molecular weight is 223 g/mol. The molecule has 0 aromatic carbocycles. The molecule has 0 amide bonds. The molecule has 0 spiro atoms. The fourth-order valence-corrected chi connectivity index (χ4v) is 1.60. The van der Waals surface area contributed by atoms with Gasteiger partial charge in [-0.25, -0.2) is 4.98 Å². The Hall–Kier alpha value is -1.29. The normalized spacial score (nSPS) is 10.8. The fourth-order valence-electron chi connectivity index (χ4n) is 1.60. The lowest BCUT2D eigenvalue weighted by Crippen LogP contribution is -2.31. The highest BCUT2D eigenvalue weighted by Gasteiger charge is 2.08. The van der Waals surface area contributed by atoms with Crippen molar-refractivity contribution in [3.8, 4) is 0 Å². The molecule has 0 saturated carbocycles. The van der Waals surface area contributed by atoms with Crippen LogP contribution in [0.25, 0.3) is 0 Å². The van der Waals surface area contributed by atoms with Gasteiger partial charge in [0, 0.05) is 38.1 Å². The maximum absolute atomic E-state index is 5.69. The molecule has 0 unspecified atom stereocenters. The van der Waals surface area contributed by atoms with Crippen LogP contribution in [0, 0.1) is 5.92 Å². The average Bonchev–Trinajstić information content (AvgIpc) is 2.23.